The number of benzene rings is 4. The van der Waals surface area contributed by atoms with Crippen LogP contribution in [0.2, 0.25) is 0 Å². The van der Waals surface area contributed by atoms with Crippen LogP contribution in [0.5, 0.6) is 23.0 Å². The highest BCUT2D eigenvalue weighted by Gasteiger charge is 2.51. The first-order chi connectivity index (χ1) is 23.3. The van der Waals surface area contributed by atoms with E-state index in [-0.39, 0.29) is 45.9 Å². The molecule has 262 valence electrons. The largest absolute Gasteiger partial charge is 0.497 e. The summed E-state index contributed by atoms with van der Waals surface area (Å²) < 4.78 is 110. The third-order valence-electron chi connectivity index (χ3n) is 8.31. The van der Waals surface area contributed by atoms with Crippen molar-refractivity contribution in [2.24, 2.45) is 0 Å². The summed E-state index contributed by atoms with van der Waals surface area (Å²) in [5, 5.41) is 0. The van der Waals surface area contributed by atoms with Crippen molar-refractivity contribution in [3.05, 3.63) is 108 Å². The van der Waals surface area contributed by atoms with E-state index in [1.54, 1.807) is 60.7 Å². The summed E-state index contributed by atoms with van der Waals surface area (Å²) in [5.74, 6) is -0.795. The van der Waals surface area contributed by atoms with Gasteiger partial charge in [-0.05, 0) is 35.4 Å². The molecule has 1 aliphatic heterocycles. The Balaban J connectivity index is 1.74. The minimum atomic E-state index is -4.58. The molecule has 0 spiro atoms. The molecule has 4 aromatic rings. The predicted molar refractivity (Wildman–Crippen MR) is 184 cm³/mol. The summed E-state index contributed by atoms with van der Waals surface area (Å²) in [6, 6.07) is 23.1. The molecule has 0 amide bonds. The van der Waals surface area contributed by atoms with Crippen LogP contribution in [0, 0.1) is 0 Å². The molecule has 0 bridgehead atoms. The predicted octanol–water partition coefficient (Wildman–Crippen LogP) is 3.97. The van der Waals surface area contributed by atoms with E-state index in [0.29, 0.717) is 11.1 Å². The third kappa shape index (κ3) is 7.70. The molecule has 4 aromatic carbocycles. The van der Waals surface area contributed by atoms with Crippen molar-refractivity contribution in [3.63, 3.8) is 0 Å². The highest BCUT2D eigenvalue weighted by molar-refractivity contribution is 7.92. The number of hydrogen-bond donors (Lipinski definition) is 0. The van der Waals surface area contributed by atoms with Crippen molar-refractivity contribution in [1.82, 2.24) is 8.61 Å². The maximum absolute atomic E-state index is 14.8. The molecule has 0 radical (unpaired) electrons. The fourth-order valence-electron chi connectivity index (χ4n) is 5.87. The molecule has 5 rings (SSSR count). The van der Waals surface area contributed by atoms with Crippen molar-refractivity contribution < 1.29 is 44.2 Å². The van der Waals surface area contributed by atoms with Crippen LogP contribution < -0.4 is 18.9 Å². The van der Waals surface area contributed by atoms with Crippen LogP contribution in [0.25, 0.3) is 0 Å². The maximum atomic E-state index is 14.8. The van der Waals surface area contributed by atoms with Gasteiger partial charge in [-0.2, -0.15) is 8.61 Å². The Morgan fingerprint density at radius 3 is 1.27 bits per heavy atom. The molecular formula is C34H38N2O10S3. The molecule has 15 heteroatoms. The van der Waals surface area contributed by atoms with Crippen LogP contribution in [0.4, 0.5) is 0 Å². The zero-order chi connectivity index (χ0) is 35.4. The Bertz CT molecular complexity index is 1950. The van der Waals surface area contributed by atoms with E-state index in [9.17, 15) is 25.3 Å². The molecule has 0 aromatic heterocycles. The molecule has 1 saturated heterocycles. The van der Waals surface area contributed by atoms with E-state index in [1.807, 2.05) is 0 Å². The van der Waals surface area contributed by atoms with Crippen LogP contribution in [0.15, 0.2) is 107 Å². The number of nitrogens with zero attached hydrogens (tertiary/aromatic N) is 2. The van der Waals surface area contributed by atoms with Gasteiger partial charge in [0.15, 0.2) is 9.84 Å². The van der Waals surface area contributed by atoms with E-state index in [2.05, 4.69) is 0 Å². The van der Waals surface area contributed by atoms with Gasteiger partial charge in [-0.3, -0.25) is 0 Å². The Morgan fingerprint density at radius 1 is 0.571 bits per heavy atom. The van der Waals surface area contributed by atoms with Crippen LogP contribution in [0.3, 0.4) is 0 Å². The molecule has 0 aliphatic carbocycles. The lowest BCUT2D eigenvalue weighted by Gasteiger charge is -2.37. The van der Waals surface area contributed by atoms with Gasteiger partial charge in [0.2, 0.25) is 20.0 Å². The topological polar surface area (TPSA) is 146 Å². The number of rotatable bonds is 14. The lowest BCUT2D eigenvalue weighted by Crippen LogP contribution is -2.54. The number of sulfone groups is 1. The second-order valence-electron chi connectivity index (χ2n) is 11.3. The van der Waals surface area contributed by atoms with E-state index >= 15 is 0 Å². The van der Waals surface area contributed by atoms with Gasteiger partial charge in [-0.1, -0.05) is 60.7 Å². The van der Waals surface area contributed by atoms with Crippen LogP contribution in [0.1, 0.15) is 11.1 Å². The Kier molecular flexibility index (Phi) is 10.9. The molecule has 12 nitrogen and oxygen atoms in total. The second kappa shape index (κ2) is 14.8. The zero-order valence-corrected chi connectivity index (χ0v) is 29.9. The van der Waals surface area contributed by atoms with Gasteiger partial charge in [0.1, 0.15) is 32.8 Å². The van der Waals surface area contributed by atoms with Gasteiger partial charge in [0, 0.05) is 25.2 Å². The zero-order valence-electron chi connectivity index (χ0n) is 27.4. The summed E-state index contributed by atoms with van der Waals surface area (Å²) in [4.78, 5) is -0.527. The van der Waals surface area contributed by atoms with Crippen LogP contribution in [-0.4, -0.2) is 85.9 Å². The van der Waals surface area contributed by atoms with E-state index in [4.69, 9.17) is 18.9 Å². The Morgan fingerprint density at radius 2 is 0.939 bits per heavy atom. The van der Waals surface area contributed by atoms with E-state index in [1.165, 1.54) is 64.8 Å². The first kappa shape index (κ1) is 36.1. The quantitative estimate of drug-likeness (QED) is 0.187. The van der Waals surface area contributed by atoms with Gasteiger partial charge < -0.3 is 18.9 Å². The van der Waals surface area contributed by atoms with Crippen molar-refractivity contribution >= 4 is 29.9 Å². The van der Waals surface area contributed by atoms with Crippen molar-refractivity contribution in [2.45, 2.75) is 35.0 Å². The fraction of sp³-hybridized carbons (Fsp3) is 0.294. The van der Waals surface area contributed by atoms with E-state index in [0.717, 1.165) is 8.61 Å². The van der Waals surface area contributed by atoms with E-state index < -0.39 is 53.5 Å². The molecular weight excluding hydrogens is 693 g/mol. The number of sulfonamides is 2. The Hall–Kier alpha value is -4.15. The summed E-state index contributed by atoms with van der Waals surface area (Å²) in [6.07, 6.45) is 0. The molecule has 0 unspecified atom stereocenters. The molecule has 49 heavy (non-hydrogen) atoms. The maximum Gasteiger partial charge on any atom is 0.247 e. The first-order valence-electron chi connectivity index (χ1n) is 15.1. The molecule has 1 aliphatic rings. The molecule has 0 saturated carbocycles. The Labute approximate surface area is 287 Å². The van der Waals surface area contributed by atoms with Gasteiger partial charge in [0.25, 0.3) is 0 Å². The summed E-state index contributed by atoms with van der Waals surface area (Å²) in [5.41, 5.74) is 1.12. The lowest BCUT2D eigenvalue weighted by molar-refractivity contribution is 0.218. The molecule has 1 fully saturated rings. The minimum absolute atomic E-state index is 0.00569. The van der Waals surface area contributed by atoms with Gasteiger partial charge in [-0.25, -0.2) is 25.3 Å². The monoisotopic (exact) mass is 730 g/mol. The highest BCUT2D eigenvalue weighted by atomic mass is 32.2. The van der Waals surface area contributed by atoms with Crippen molar-refractivity contribution in [2.75, 3.05) is 39.9 Å². The number of methoxy groups -OCH3 is 4. The molecule has 2 atom stereocenters. The minimum Gasteiger partial charge on any atom is -0.497 e. The summed E-state index contributed by atoms with van der Waals surface area (Å²) in [7, 11) is -7.74. The second-order valence-corrected chi connectivity index (χ2v) is 17.2. The van der Waals surface area contributed by atoms with Crippen LogP contribution in [-0.2, 0) is 43.0 Å². The SMILES string of the molecule is COc1ccc(OC)c(S(=O)(=O)N(Cc2ccccc2)[C@@H]2CS(=O)(=O)C[C@H]2N(Cc2ccccc2)S(=O)(=O)c2cc(OC)ccc2OC)c1. The standard InChI is InChI=1S/C34H38N2O10S3/c1-43-27-15-17-31(45-3)33(19-27)48(39,40)35(21-25-11-7-5-8-12-25)29-23-47(37,38)24-30(29)36(22-26-13-9-6-10-14-26)49(41,42)34-20-28(44-2)16-18-32(34)46-4/h5-20,29-30H,21-24H2,1-4H3/t29-,30-/m1/s1. The third-order valence-corrected chi connectivity index (χ3v) is 13.8. The van der Waals surface area contributed by atoms with Crippen molar-refractivity contribution in [3.8, 4) is 23.0 Å². The smallest absolute Gasteiger partial charge is 0.247 e. The lowest BCUT2D eigenvalue weighted by atomic mass is 10.1. The first-order valence-corrected chi connectivity index (χ1v) is 19.8. The number of hydrogen-bond acceptors (Lipinski definition) is 10. The average molecular weight is 731 g/mol. The number of ether oxygens (including phenoxy) is 4. The molecule has 1 heterocycles. The highest BCUT2D eigenvalue weighted by Crippen LogP contribution is 2.39. The fourth-order valence-corrected chi connectivity index (χ4v) is 11.7. The van der Waals surface area contributed by atoms with Crippen molar-refractivity contribution in [1.29, 1.82) is 0 Å². The average Bonchev–Trinajstić information content (AvgIpc) is 3.43. The van der Waals surface area contributed by atoms with Gasteiger partial charge >= 0.3 is 0 Å². The molecule has 0 N–H and O–H groups in total. The summed E-state index contributed by atoms with van der Waals surface area (Å²) >= 11 is 0. The van der Waals surface area contributed by atoms with Gasteiger partial charge in [0.05, 0.1) is 52.0 Å². The van der Waals surface area contributed by atoms with Crippen LogP contribution >= 0.6 is 0 Å². The van der Waals surface area contributed by atoms with Gasteiger partial charge in [-0.15, -0.1) is 0 Å². The summed E-state index contributed by atoms with van der Waals surface area (Å²) in [6.45, 7) is -0.524. The normalized spacial score (nSPS) is 17.6.